The Labute approximate surface area is 127 Å². The van der Waals surface area contributed by atoms with Crippen LogP contribution in [0.5, 0.6) is 0 Å². The summed E-state index contributed by atoms with van der Waals surface area (Å²) < 4.78 is 11.5. The summed E-state index contributed by atoms with van der Waals surface area (Å²) in [5.41, 5.74) is -3.28. The van der Waals surface area contributed by atoms with E-state index in [9.17, 15) is 25.2 Å². The van der Waals surface area contributed by atoms with E-state index >= 15 is 0 Å². The number of hydrogen-bond acceptors (Lipinski definition) is 7. The van der Waals surface area contributed by atoms with Crippen molar-refractivity contribution in [2.45, 2.75) is 50.0 Å². The molecule has 8 atom stereocenters. The SMILES string of the molecule is C[13C@@]12[C@H](O)[C@@H](O)[C@@H](O[13C@@H]3[13CH]=[13C]([13CH3])[13C](=O)[13C@@H](O)[13C@@]31CO)[C@@]21CO1. The van der Waals surface area contributed by atoms with Crippen LogP contribution in [-0.4, -0.2) is 75.5 Å². The Balaban J connectivity index is 1.98. The molecule has 2 aliphatic heterocycles. The minimum absolute atomic E-state index is 0.250. The van der Waals surface area contributed by atoms with Gasteiger partial charge in [0.25, 0.3) is 0 Å². The van der Waals surface area contributed by atoms with Gasteiger partial charge in [-0.25, -0.2) is 0 Å². The number of carbonyl (C=O) groups excluding carboxylic acids is 1. The molecule has 2 saturated heterocycles. The van der Waals surface area contributed by atoms with Crippen molar-refractivity contribution < 1.29 is 34.7 Å². The molecule has 1 saturated carbocycles. The molecular formula is C15H20O7. The van der Waals surface area contributed by atoms with Crippen LogP contribution in [0.2, 0.25) is 0 Å². The van der Waals surface area contributed by atoms with E-state index in [1.54, 1.807) is 19.9 Å². The number of Topliss-reactive ketones (excluding diaryl/α,β-unsaturated/α-hetero) is 1. The number of ketones is 1. The van der Waals surface area contributed by atoms with Gasteiger partial charge in [0.2, 0.25) is 0 Å². The molecule has 0 aromatic heterocycles. The van der Waals surface area contributed by atoms with E-state index in [0.717, 1.165) is 0 Å². The second-order valence-corrected chi connectivity index (χ2v) is 7.11. The van der Waals surface area contributed by atoms with Gasteiger partial charge < -0.3 is 29.9 Å². The van der Waals surface area contributed by atoms with Crippen molar-refractivity contribution in [2.75, 3.05) is 13.2 Å². The minimum Gasteiger partial charge on any atom is -0.396 e. The second kappa shape index (κ2) is 3.98. The molecule has 0 amide bonds. The normalized spacial score (nSPS) is 59.5. The Hall–Kier alpha value is -0.830. The molecule has 0 radical (unpaired) electrons. The molecular weight excluding hydrogens is 300 g/mol. The molecule has 22 heavy (non-hydrogen) atoms. The van der Waals surface area contributed by atoms with Crippen LogP contribution in [-0.2, 0) is 14.3 Å². The molecule has 2 aliphatic carbocycles. The summed E-state index contributed by atoms with van der Waals surface area (Å²) in [5, 5.41) is 41.8. The molecule has 4 aliphatic rings. The number of aliphatic hydroxyl groups excluding tert-OH is 4. The maximum atomic E-state index is 12.3. The summed E-state index contributed by atoms with van der Waals surface area (Å²) in [7, 11) is 0. The van der Waals surface area contributed by atoms with Crippen molar-refractivity contribution >= 4 is 5.78 Å². The summed E-state index contributed by atoms with van der Waals surface area (Å²) in [5.74, 6) is -0.502. The maximum Gasteiger partial charge on any atom is 0.187 e. The summed E-state index contributed by atoms with van der Waals surface area (Å²) in [6.45, 7) is 2.92. The quantitative estimate of drug-likeness (QED) is 0.330. The van der Waals surface area contributed by atoms with E-state index in [1.165, 1.54) is 0 Å². The van der Waals surface area contributed by atoms with Gasteiger partial charge in [0.1, 0.15) is 23.9 Å². The van der Waals surface area contributed by atoms with Gasteiger partial charge in [0.05, 0.1) is 30.8 Å². The Morgan fingerprint density at radius 2 is 2.00 bits per heavy atom. The van der Waals surface area contributed by atoms with Gasteiger partial charge in [0, 0.05) is 5.41 Å². The number of aliphatic hydroxyl groups is 4. The monoisotopic (exact) mass is 320 g/mol. The lowest BCUT2D eigenvalue weighted by Gasteiger charge is -2.58. The van der Waals surface area contributed by atoms with Gasteiger partial charge in [0.15, 0.2) is 5.78 Å². The maximum absolute atomic E-state index is 12.3. The third kappa shape index (κ3) is 1.18. The predicted octanol–water partition coefficient (Wildman–Crippen LogP) is -1.87. The summed E-state index contributed by atoms with van der Waals surface area (Å²) in [6.07, 6.45) is -3.96. The molecule has 0 unspecified atom stereocenters. The number of fused-ring (bicyclic) bond motifs is 2. The molecule has 4 rings (SSSR count). The van der Waals surface area contributed by atoms with Gasteiger partial charge in [-0.15, -0.1) is 0 Å². The molecule has 2 heterocycles. The Kier molecular flexibility index (Phi) is 2.67. The van der Waals surface area contributed by atoms with E-state index in [1.807, 2.05) is 0 Å². The Morgan fingerprint density at radius 3 is 2.55 bits per heavy atom. The summed E-state index contributed by atoms with van der Waals surface area (Å²) >= 11 is 0. The van der Waals surface area contributed by atoms with Gasteiger partial charge in [-0.2, -0.15) is 0 Å². The topological polar surface area (TPSA) is 120 Å². The number of hydrogen-bond donors (Lipinski definition) is 4. The van der Waals surface area contributed by atoms with E-state index in [-0.39, 0.29) is 6.61 Å². The second-order valence-electron chi connectivity index (χ2n) is 7.11. The Bertz CT molecular complexity index is 582. The Morgan fingerprint density at radius 1 is 1.36 bits per heavy atom. The highest BCUT2D eigenvalue weighted by Crippen LogP contribution is 2.70. The predicted molar refractivity (Wildman–Crippen MR) is 71.8 cm³/mol. The van der Waals surface area contributed by atoms with Gasteiger partial charge in [-0.05, 0) is 18.6 Å². The first-order chi connectivity index (χ1) is 10.3. The molecule has 7 nitrogen and oxygen atoms in total. The average Bonchev–Trinajstić information content (AvgIpc) is 3.27. The van der Waals surface area contributed by atoms with Crippen LogP contribution in [0, 0.1) is 10.8 Å². The van der Waals surface area contributed by atoms with Crippen LogP contribution in [0.15, 0.2) is 11.6 Å². The van der Waals surface area contributed by atoms with Gasteiger partial charge in [-0.3, -0.25) is 4.79 Å². The molecule has 3 fully saturated rings. The first-order valence-electron chi connectivity index (χ1n) is 7.45. The third-order valence-electron chi connectivity index (χ3n) is 6.58. The highest BCUT2D eigenvalue weighted by Gasteiger charge is 2.86. The molecule has 4 N–H and O–H groups in total. The zero-order valence-corrected chi connectivity index (χ0v) is 12.4. The molecule has 7 heteroatoms. The fourth-order valence-electron chi connectivity index (χ4n) is 5.03. The largest absolute Gasteiger partial charge is 0.396 e. The van der Waals surface area contributed by atoms with Crippen LogP contribution in [0.3, 0.4) is 0 Å². The fraction of sp³-hybridized carbons (Fsp3) is 0.800. The van der Waals surface area contributed by atoms with Crippen LogP contribution < -0.4 is 0 Å². The van der Waals surface area contributed by atoms with Crippen molar-refractivity contribution in [3.8, 4) is 0 Å². The van der Waals surface area contributed by atoms with Crippen LogP contribution in [0.25, 0.3) is 0 Å². The van der Waals surface area contributed by atoms with Crippen LogP contribution in [0.4, 0.5) is 0 Å². The molecule has 2 bridgehead atoms. The lowest BCUT2D eigenvalue weighted by Crippen LogP contribution is -2.72. The smallest absolute Gasteiger partial charge is 0.187 e. The van der Waals surface area contributed by atoms with E-state index in [4.69, 9.17) is 9.47 Å². The summed E-state index contributed by atoms with van der Waals surface area (Å²) in [4.78, 5) is 12.3. The molecule has 1 spiro atoms. The van der Waals surface area contributed by atoms with E-state index in [2.05, 4.69) is 0 Å². The number of ether oxygens (including phenoxy) is 2. The minimum atomic E-state index is -1.53. The van der Waals surface area contributed by atoms with Crippen molar-refractivity contribution in [3.05, 3.63) is 11.6 Å². The standard InChI is InChI=1S/C15H20O7/c1-6-3-7-14(4-16,11(20)8(6)17)13(2)10(19)9(18)12(22-7)15(13)5-21-15/h3,7,9-12,16,18-20H,4-5H2,1-2H3/t7-,9-,10-,11-,12-,13-,14-,15+/m1/s1/i1+1,3+1,6+1,7+1,8+1,11+1,13+1,14+1. The third-order valence-corrected chi connectivity index (χ3v) is 6.58. The highest BCUT2D eigenvalue weighted by molar-refractivity contribution is 6.00. The van der Waals surface area contributed by atoms with Crippen molar-refractivity contribution in [1.82, 2.24) is 0 Å². The van der Waals surface area contributed by atoms with Crippen LogP contribution in [0.1, 0.15) is 13.8 Å². The van der Waals surface area contributed by atoms with Crippen molar-refractivity contribution in [1.29, 1.82) is 0 Å². The number of rotatable bonds is 1. The van der Waals surface area contributed by atoms with E-state index < -0.39 is 59.3 Å². The van der Waals surface area contributed by atoms with Crippen molar-refractivity contribution in [3.63, 3.8) is 0 Å². The van der Waals surface area contributed by atoms with Gasteiger partial charge in [-0.1, -0.05) is 6.92 Å². The lowest BCUT2D eigenvalue weighted by molar-refractivity contribution is -0.253. The van der Waals surface area contributed by atoms with Crippen molar-refractivity contribution in [2.24, 2.45) is 10.8 Å². The molecule has 0 aromatic carbocycles. The lowest BCUT2D eigenvalue weighted by atomic mass is 10.0. The first kappa shape index (κ1) is 14.7. The molecule has 0 aromatic rings. The van der Waals surface area contributed by atoms with E-state index in [0.29, 0.717) is 5.57 Å². The number of epoxide rings is 1. The zero-order chi connectivity index (χ0) is 16.1. The number of carbonyl (C=O) groups is 1. The molecule has 122 valence electrons. The first-order valence-corrected chi connectivity index (χ1v) is 7.45. The van der Waals surface area contributed by atoms with Gasteiger partial charge >= 0.3 is 0 Å². The van der Waals surface area contributed by atoms with Crippen LogP contribution >= 0.6 is 0 Å². The summed E-state index contributed by atoms with van der Waals surface area (Å²) in [6, 6.07) is 0. The highest BCUT2D eigenvalue weighted by atomic mass is 16.7. The fourth-order valence-corrected chi connectivity index (χ4v) is 5.03. The zero-order valence-electron chi connectivity index (χ0n) is 12.4. The average molecular weight is 320 g/mol.